The molecule has 0 fully saturated rings. The molecule has 0 aromatic heterocycles. The molecule has 0 heterocycles. The van der Waals surface area contributed by atoms with E-state index in [1.165, 1.54) is 12.1 Å². The van der Waals surface area contributed by atoms with Crippen LogP contribution in [0.3, 0.4) is 0 Å². The van der Waals surface area contributed by atoms with Crippen LogP contribution in [0.1, 0.15) is 29.7 Å². The molecule has 2 atom stereocenters. The van der Waals surface area contributed by atoms with Crippen LogP contribution in [0.2, 0.25) is 0 Å². The van der Waals surface area contributed by atoms with Gasteiger partial charge in [-0.2, -0.15) is 13.2 Å². The van der Waals surface area contributed by atoms with Crippen LogP contribution in [0.5, 0.6) is 5.75 Å². The van der Waals surface area contributed by atoms with Crippen molar-refractivity contribution in [2.24, 2.45) is 0 Å². The number of benzene rings is 2. The fourth-order valence-corrected chi connectivity index (χ4v) is 2.85. The van der Waals surface area contributed by atoms with Gasteiger partial charge >= 0.3 is 6.18 Å². The molecule has 2 N–H and O–H groups in total. The topological polar surface area (TPSA) is 44.7 Å². The Balaban J connectivity index is 0.00000450. The first kappa shape index (κ1) is 29.5. The monoisotopic (exact) mass is 482 g/mol. The Morgan fingerprint density at radius 2 is 1.71 bits per heavy atom. The molecular weight excluding hydrogens is 452 g/mol. The molecule has 0 amide bonds. The van der Waals surface area contributed by atoms with Crippen LogP contribution in [0, 0.1) is 0 Å². The first-order valence-corrected chi connectivity index (χ1v) is 9.60. The minimum Gasteiger partial charge on any atom is -0.492 e. The van der Waals surface area contributed by atoms with Crippen LogP contribution in [0.25, 0.3) is 0 Å². The number of likely N-dealkylation sites (N-methyl/N-ethyl adjacent to an activating group) is 1. The highest BCUT2D eigenvalue weighted by atomic mass is 35.5. The summed E-state index contributed by atoms with van der Waals surface area (Å²) >= 11 is 0. The largest absolute Gasteiger partial charge is 0.492 e. The standard InChI is InChI=1S/C22H29F3N2O2.2ClH/c1-16(13-17-7-9-20(10-8-17)29-12-11-27(2)3)26-15-21(28)18-5-4-6-19(14-18)22(23,24)25;;/h4-10,14,16,21,26,28H,11-13,15H2,1-3H3;2*1H. The third-order valence-electron chi connectivity index (χ3n) is 4.53. The zero-order valence-corrected chi connectivity index (χ0v) is 19.5. The number of halogens is 5. The van der Waals surface area contributed by atoms with Gasteiger partial charge in [-0.25, -0.2) is 0 Å². The van der Waals surface area contributed by atoms with Crippen LogP contribution in [0.15, 0.2) is 48.5 Å². The van der Waals surface area contributed by atoms with Gasteiger partial charge in [0.25, 0.3) is 0 Å². The van der Waals surface area contributed by atoms with Crippen molar-refractivity contribution in [3.8, 4) is 5.75 Å². The maximum absolute atomic E-state index is 12.8. The number of nitrogens with zero attached hydrogens (tertiary/aromatic N) is 1. The first-order valence-electron chi connectivity index (χ1n) is 9.60. The van der Waals surface area contributed by atoms with Gasteiger partial charge in [0.1, 0.15) is 12.4 Å². The van der Waals surface area contributed by atoms with Crippen molar-refractivity contribution >= 4 is 24.8 Å². The van der Waals surface area contributed by atoms with E-state index < -0.39 is 17.8 Å². The summed E-state index contributed by atoms with van der Waals surface area (Å²) in [6.07, 6.45) is -4.70. The number of hydrogen-bond acceptors (Lipinski definition) is 4. The van der Waals surface area contributed by atoms with E-state index in [0.717, 1.165) is 36.4 Å². The molecular formula is C22H31Cl2F3N2O2. The molecule has 0 saturated heterocycles. The van der Waals surface area contributed by atoms with Gasteiger partial charge in [-0.15, -0.1) is 24.8 Å². The third kappa shape index (κ3) is 10.6. The normalized spacial score (nSPS) is 13.2. The molecule has 2 aromatic carbocycles. The second-order valence-electron chi connectivity index (χ2n) is 7.45. The van der Waals surface area contributed by atoms with E-state index in [0.29, 0.717) is 6.61 Å². The highest BCUT2D eigenvalue weighted by Gasteiger charge is 2.30. The van der Waals surface area contributed by atoms with E-state index in [1.54, 1.807) is 0 Å². The number of ether oxygens (including phenoxy) is 1. The molecule has 0 bridgehead atoms. The van der Waals surface area contributed by atoms with Crippen molar-refractivity contribution in [2.45, 2.75) is 31.7 Å². The van der Waals surface area contributed by atoms with Gasteiger partial charge in [-0.3, -0.25) is 0 Å². The van der Waals surface area contributed by atoms with Gasteiger partial charge in [0.05, 0.1) is 11.7 Å². The van der Waals surface area contributed by atoms with E-state index in [1.807, 2.05) is 45.3 Å². The summed E-state index contributed by atoms with van der Waals surface area (Å²) in [7, 11) is 3.98. The minimum atomic E-state index is -4.42. The average molecular weight is 483 g/mol. The lowest BCUT2D eigenvalue weighted by Gasteiger charge is -2.18. The second kappa shape index (κ2) is 13.8. The summed E-state index contributed by atoms with van der Waals surface area (Å²) in [6, 6.07) is 12.7. The summed E-state index contributed by atoms with van der Waals surface area (Å²) in [5, 5.41) is 13.4. The molecule has 2 aromatic rings. The highest BCUT2D eigenvalue weighted by molar-refractivity contribution is 5.85. The molecule has 4 nitrogen and oxygen atoms in total. The Kier molecular flexibility index (Phi) is 13.1. The number of nitrogens with one attached hydrogen (secondary N) is 1. The molecule has 0 saturated carbocycles. The molecule has 2 rings (SSSR count). The van der Waals surface area contributed by atoms with E-state index in [2.05, 4.69) is 10.2 Å². The van der Waals surface area contributed by atoms with Crippen molar-refractivity contribution in [1.29, 1.82) is 0 Å². The molecule has 0 spiro atoms. The number of rotatable bonds is 10. The molecule has 176 valence electrons. The van der Waals surface area contributed by atoms with Crippen LogP contribution in [-0.2, 0) is 12.6 Å². The molecule has 9 heteroatoms. The smallest absolute Gasteiger partial charge is 0.416 e. The third-order valence-corrected chi connectivity index (χ3v) is 4.53. The summed E-state index contributed by atoms with van der Waals surface area (Å²) in [5.41, 5.74) is 0.604. The summed E-state index contributed by atoms with van der Waals surface area (Å²) in [5.74, 6) is 0.816. The Bertz CT molecular complexity index is 759. The van der Waals surface area contributed by atoms with Crippen LogP contribution < -0.4 is 10.1 Å². The maximum atomic E-state index is 12.8. The average Bonchev–Trinajstić information content (AvgIpc) is 2.66. The molecule has 0 aliphatic rings. The number of aliphatic hydroxyl groups excluding tert-OH is 1. The van der Waals surface area contributed by atoms with E-state index in [9.17, 15) is 18.3 Å². The van der Waals surface area contributed by atoms with Gasteiger partial charge in [0.15, 0.2) is 0 Å². The van der Waals surface area contributed by atoms with Crippen molar-refractivity contribution in [3.63, 3.8) is 0 Å². The highest BCUT2D eigenvalue weighted by Crippen LogP contribution is 2.30. The van der Waals surface area contributed by atoms with Crippen molar-refractivity contribution in [1.82, 2.24) is 10.2 Å². The Labute approximate surface area is 194 Å². The van der Waals surface area contributed by atoms with Crippen molar-refractivity contribution in [3.05, 3.63) is 65.2 Å². The zero-order valence-electron chi connectivity index (χ0n) is 17.9. The van der Waals surface area contributed by atoms with Gasteiger partial charge in [-0.05, 0) is 62.8 Å². The minimum absolute atomic E-state index is 0. The Morgan fingerprint density at radius 1 is 1.06 bits per heavy atom. The number of aliphatic hydroxyl groups is 1. The zero-order chi connectivity index (χ0) is 21.4. The number of hydrogen-bond donors (Lipinski definition) is 2. The first-order chi connectivity index (χ1) is 13.6. The van der Waals surface area contributed by atoms with Crippen molar-refractivity contribution in [2.75, 3.05) is 33.8 Å². The Morgan fingerprint density at radius 3 is 2.29 bits per heavy atom. The van der Waals surface area contributed by atoms with Crippen molar-refractivity contribution < 1.29 is 23.0 Å². The maximum Gasteiger partial charge on any atom is 0.416 e. The van der Waals surface area contributed by atoms with E-state index in [4.69, 9.17) is 4.74 Å². The summed E-state index contributed by atoms with van der Waals surface area (Å²) < 4.78 is 44.1. The fraction of sp³-hybridized carbons (Fsp3) is 0.455. The lowest BCUT2D eigenvalue weighted by Crippen LogP contribution is -2.32. The molecule has 0 radical (unpaired) electrons. The van der Waals surface area contributed by atoms with Crippen LogP contribution in [0.4, 0.5) is 13.2 Å². The van der Waals surface area contributed by atoms with Gasteiger partial charge in [-0.1, -0.05) is 24.3 Å². The number of alkyl halides is 3. The van der Waals surface area contributed by atoms with Gasteiger partial charge in [0, 0.05) is 19.1 Å². The van der Waals surface area contributed by atoms with Gasteiger partial charge in [0.2, 0.25) is 0 Å². The molecule has 2 unspecified atom stereocenters. The van der Waals surface area contributed by atoms with Crippen LogP contribution in [-0.4, -0.2) is 49.8 Å². The SMILES string of the molecule is CC(Cc1ccc(OCCN(C)C)cc1)NCC(O)c1cccc(C(F)(F)F)c1.Cl.Cl. The lowest BCUT2D eigenvalue weighted by atomic mass is 10.0. The quantitative estimate of drug-likeness (QED) is 0.513. The molecule has 0 aliphatic carbocycles. The predicted octanol–water partition coefficient (Wildman–Crippen LogP) is 4.74. The Hall–Kier alpha value is -1.51. The lowest BCUT2D eigenvalue weighted by molar-refractivity contribution is -0.137. The van der Waals surface area contributed by atoms with Crippen LogP contribution >= 0.6 is 24.8 Å². The molecule has 0 aliphatic heterocycles. The predicted molar refractivity (Wildman–Crippen MR) is 123 cm³/mol. The van der Waals surface area contributed by atoms with E-state index >= 15 is 0 Å². The summed E-state index contributed by atoms with van der Waals surface area (Å²) in [6.45, 7) is 3.61. The fourth-order valence-electron chi connectivity index (χ4n) is 2.85. The molecule has 31 heavy (non-hydrogen) atoms. The van der Waals surface area contributed by atoms with E-state index in [-0.39, 0.29) is 43.0 Å². The van der Waals surface area contributed by atoms with Gasteiger partial charge < -0.3 is 20.1 Å². The summed E-state index contributed by atoms with van der Waals surface area (Å²) in [4.78, 5) is 2.05. The second-order valence-corrected chi connectivity index (χ2v) is 7.45.